The van der Waals surface area contributed by atoms with Crippen LogP contribution in [0, 0.1) is 37.5 Å². The van der Waals surface area contributed by atoms with Gasteiger partial charge in [0.1, 0.15) is 17.3 Å². The Hall–Kier alpha value is -2.10. The van der Waals surface area contributed by atoms with Gasteiger partial charge in [-0.05, 0) is 75.5 Å². The number of hydrogen-bond acceptors (Lipinski definition) is 4. The van der Waals surface area contributed by atoms with E-state index in [0.29, 0.717) is 12.3 Å². The van der Waals surface area contributed by atoms with Crippen molar-refractivity contribution < 1.29 is 19.2 Å². The number of aryl methyl sites for hydroxylation is 2. The minimum Gasteiger partial charge on any atom is -0.300 e. The van der Waals surface area contributed by atoms with E-state index in [-0.39, 0.29) is 47.3 Å². The van der Waals surface area contributed by atoms with Gasteiger partial charge in [-0.25, -0.2) is 0 Å². The molecule has 1 aromatic carbocycles. The fourth-order valence-electron chi connectivity index (χ4n) is 4.89. The molecule has 0 amide bonds. The molecule has 0 aromatic heterocycles. The van der Waals surface area contributed by atoms with Gasteiger partial charge in [0.05, 0.1) is 6.42 Å². The SMILES string of the molecule is CC(=O)C(C)C.CCC.CCCC(CC1CC(=O)c2c(C)ccc(C)c2C1)C(CC)C(=O)CC(C)=O. The average molecular weight is 501 g/mol. The Kier molecular flexibility index (Phi) is 16.4. The molecule has 0 heterocycles. The van der Waals surface area contributed by atoms with Crippen LogP contribution in [0.15, 0.2) is 12.1 Å². The van der Waals surface area contributed by atoms with E-state index in [1.807, 2.05) is 33.8 Å². The Balaban J connectivity index is 0.00000117. The van der Waals surface area contributed by atoms with E-state index in [9.17, 15) is 19.2 Å². The summed E-state index contributed by atoms with van der Waals surface area (Å²) in [5.74, 6) is 1.24. The van der Waals surface area contributed by atoms with E-state index in [1.165, 1.54) is 24.5 Å². The van der Waals surface area contributed by atoms with Crippen LogP contribution in [-0.2, 0) is 20.8 Å². The van der Waals surface area contributed by atoms with Crippen molar-refractivity contribution in [2.45, 2.75) is 121 Å². The molecular formula is C32H52O4. The third-order valence-electron chi connectivity index (χ3n) is 6.96. The van der Waals surface area contributed by atoms with Crippen LogP contribution in [-0.4, -0.2) is 23.1 Å². The topological polar surface area (TPSA) is 68.3 Å². The van der Waals surface area contributed by atoms with Crippen molar-refractivity contribution in [1.82, 2.24) is 0 Å². The summed E-state index contributed by atoms with van der Waals surface area (Å²) in [5, 5.41) is 0. The third-order valence-corrected chi connectivity index (χ3v) is 6.96. The van der Waals surface area contributed by atoms with Gasteiger partial charge < -0.3 is 0 Å². The van der Waals surface area contributed by atoms with Crippen LogP contribution in [0.1, 0.15) is 127 Å². The summed E-state index contributed by atoms with van der Waals surface area (Å²) >= 11 is 0. The number of hydrogen-bond donors (Lipinski definition) is 0. The quantitative estimate of drug-likeness (QED) is 0.305. The molecular weight excluding hydrogens is 448 g/mol. The molecule has 1 aliphatic carbocycles. The highest BCUT2D eigenvalue weighted by atomic mass is 16.1. The van der Waals surface area contributed by atoms with Crippen molar-refractivity contribution >= 4 is 23.1 Å². The van der Waals surface area contributed by atoms with E-state index in [4.69, 9.17) is 0 Å². The number of carbonyl (C=O) groups is 4. The van der Waals surface area contributed by atoms with Gasteiger partial charge in [-0.1, -0.05) is 72.9 Å². The second-order valence-corrected chi connectivity index (χ2v) is 10.9. The van der Waals surface area contributed by atoms with Crippen molar-refractivity contribution in [2.24, 2.45) is 23.7 Å². The van der Waals surface area contributed by atoms with E-state index in [2.05, 4.69) is 33.8 Å². The summed E-state index contributed by atoms with van der Waals surface area (Å²) in [4.78, 5) is 47.0. The van der Waals surface area contributed by atoms with Gasteiger partial charge in [-0.15, -0.1) is 0 Å². The smallest absolute Gasteiger partial charge is 0.163 e. The predicted molar refractivity (Wildman–Crippen MR) is 151 cm³/mol. The molecule has 3 unspecified atom stereocenters. The van der Waals surface area contributed by atoms with Crippen molar-refractivity contribution in [3.8, 4) is 0 Å². The maximum Gasteiger partial charge on any atom is 0.163 e. The molecule has 204 valence electrons. The summed E-state index contributed by atoms with van der Waals surface area (Å²) < 4.78 is 0. The zero-order valence-corrected chi connectivity index (χ0v) is 24.8. The van der Waals surface area contributed by atoms with Crippen LogP contribution >= 0.6 is 0 Å². The Bertz CT molecular complexity index is 865. The van der Waals surface area contributed by atoms with Gasteiger partial charge in [0.25, 0.3) is 0 Å². The average Bonchev–Trinajstić information content (AvgIpc) is 2.77. The molecule has 4 heteroatoms. The van der Waals surface area contributed by atoms with Crippen LogP contribution in [0.4, 0.5) is 0 Å². The maximum atomic E-state index is 12.8. The van der Waals surface area contributed by atoms with Gasteiger partial charge in [-0.3, -0.25) is 19.2 Å². The zero-order valence-electron chi connectivity index (χ0n) is 24.8. The lowest BCUT2D eigenvalue weighted by Crippen LogP contribution is -2.30. The summed E-state index contributed by atoms with van der Waals surface area (Å²) in [7, 11) is 0. The minimum absolute atomic E-state index is 0.0451. The van der Waals surface area contributed by atoms with Crippen LogP contribution in [0.3, 0.4) is 0 Å². The van der Waals surface area contributed by atoms with Crippen molar-refractivity contribution in [2.75, 3.05) is 0 Å². The number of fused-ring (bicyclic) bond motifs is 1. The number of carbonyl (C=O) groups excluding carboxylic acids is 4. The molecule has 0 aliphatic heterocycles. The van der Waals surface area contributed by atoms with Gasteiger partial charge >= 0.3 is 0 Å². The standard InChI is InChI=1S/C24H34O3.C5H10O.C3H8/c1-6-8-19(20(7-2)22(26)11-17(5)25)12-18-13-21-15(3)9-10-16(4)24(21)23(27)14-18;1-4(2)5(3)6;1-3-2/h9-10,18-20H,6-8,11-14H2,1-5H3;4H,1-3H3;3H2,1-2H3. The second-order valence-electron chi connectivity index (χ2n) is 10.9. The fraction of sp³-hybridized carbons (Fsp3) is 0.688. The molecule has 0 spiro atoms. The summed E-state index contributed by atoms with van der Waals surface area (Å²) in [6.45, 7) is 19.4. The molecule has 1 aliphatic rings. The van der Waals surface area contributed by atoms with Crippen LogP contribution in [0.2, 0.25) is 0 Å². The van der Waals surface area contributed by atoms with Crippen molar-refractivity contribution in [1.29, 1.82) is 0 Å². The van der Waals surface area contributed by atoms with Gasteiger partial charge in [0.2, 0.25) is 0 Å². The summed E-state index contributed by atoms with van der Waals surface area (Å²) in [5.41, 5.74) is 4.40. The normalized spacial score (nSPS) is 16.1. The third kappa shape index (κ3) is 11.3. The first-order chi connectivity index (χ1) is 16.8. The molecule has 0 bridgehead atoms. The second kappa shape index (κ2) is 17.4. The van der Waals surface area contributed by atoms with E-state index < -0.39 is 0 Å². The highest BCUT2D eigenvalue weighted by molar-refractivity contribution is 6.00. The predicted octanol–water partition coefficient (Wildman–Crippen LogP) is 8.08. The molecule has 0 fully saturated rings. The largest absolute Gasteiger partial charge is 0.300 e. The Morgan fingerprint density at radius 3 is 1.92 bits per heavy atom. The summed E-state index contributed by atoms with van der Waals surface area (Å²) in [6, 6.07) is 4.15. The van der Waals surface area contributed by atoms with Crippen LogP contribution < -0.4 is 0 Å². The molecule has 0 saturated heterocycles. The Morgan fingerprint density at radius 1 is 0.944 bits per heavy atom. The molecule has 0 N–H and O–H groups in total. The molecule has 2 rings (SSSR count). The Labute approximate surface area is 221 Å². The lowest BCUT2D eigenvalue weighted by molar-refractivity contribution is -0.130. The fourth-order valence-corrected chi connectivity index (χ4v) is 4.89. The van der Waals surface area contributed by atoms with E-state index >= 15 is 0 Å². The van der Waals surface area contributed by atoms with Crippen molar-refractivity contribution in [3.05, 3.63) is 34.4 Å². The number of ketones is 4. The first kappa shape index (κ1) is 33.9. The van der Waals surface area contributed by atoms with Crippen LogP contribution in [0.25, 0.3) is 0 Å². The lowest BCUT2D eigenvalue weighted by atomic mass is 9.71. The number of benzene rings is 1. The number of Topliss-reactive ketones (excluding diaryl/α,β-unsaturated/α-hetero) is 4. The first-order valence-electron chi connectivity index (χ1n) is 14.0. The monoisotopic (exact) mass is 500 g/mol. The highest BCUT2D eigenvalue weighted by Gasteiger charge is 2.33. The van der Waals surface area contributed by atoms with E-state index in [1.54, 1.807) is 6.92 Å². The maximum absolute atomic E-state index is 12.8. The molecule has 4 nitrogen and oxygen atoms in total. The molecule has 36 heavy (non-hydrogen) atoms. The molecule has 3 atom stereocenters. The Morgan fingerprint density at radius 2 is 1.47 bits per heavy atom. The lowest BCUT2D eigenvalue weighted by Gasteiger charge is -2.32. The molecule has 0 radical (unpaired) electrons. The van der Waals surface area contributed by atoms with Crippen LogP contribution in [0.5, 0.6) is 0 Å². The molecule has 0 saturated carbocycles. The van der Waals surface area contributed by atoms with Gasteiger partial charge in [0, 0.05) is 23.8 Å². The van der Waals surface area contributed by atoms with Gasteiger partial charge in [0.15, 0.2) is 5.78 Å². The molecule has 1 aromatic rings. The first-order valence-corrected chi connectivity index (χ1v) is 14.0. The zero-order chi connectivity index (χ0) is 28.0. The van der Waals surface area contributed by atoms with Gasteiger partial charge in [-0.2, -0.15) is 0 Å². The van der Waals surface area contributed by atoms with E-state index in [0.717, 1.165) is 43.2 Å². The number of rotatable bonds is 10. The highest BCUT2D eigenvalue weighted by Crippen LogP contribution is 2.37. The minimum atomic E-state index is -0.0658. The summed E-state index contributed by atoms with van der Waals surface area (Å²) in [6.07, 6.45) is 6.46. The van der Waals surface area contributed by atoms with Crippen molar-refractivity contribution in [3.63, 3.8) is 0 Å².